The summed E-state index contributed by atoms with van der Waals surface area (Å²) in [7, 11) is -3.67. The van der Waals surface area contributed by atoms with Crippen molar-refractivity contribution >= 4 is 30.8 Å². The van der Waals surface area contributed by atoms with Crippen LogP contribution in [0, 0.1) is 0 Å². The summed E-state index contributed by atoms with van der Waals surface area (Å²) >= 11 is 12.2. The molecular formula is C17H13Cl2O3P. The second-order valence-electron chi connectivity index (χ2n) is 4.85. The molecule has 0 amide bonds. The van der Waals surface area contributed by atoms with Gasteiger partial charge in [0, 0.05) is 0 Å². The van der Waals surface area contributed by atoms with E-state index in [1.165, 1.54) is 0 Å². The summed E-state index contributed by atoms with van der Waals surface area (Å²) in [5, 5.41) is 0.590. The highest BCUT2D eigenvalue weighted by Crippen LogP contribution is 2.58. The highest BCUT2D eigenvalue weighted by molar-refractivity contribution is 7.56. The van der Waals surface area contributed by atoms with E-state index in [9.17, 15) is 4.57 Å². The van der Waals surface area contributed by atoms with E-state index in [1.807, 2.05) is 12.1 Å². The summed E-state index contributed by atoms with van der Waals surface area (Å²) in [6.07, 6.45) is 3.24. The molecule has 6 heteroatoms. The van der Waals surface area contributed by atoms with Crippen molar-refractivity contribution in [2.45, 2.75) is 5.66 Å². The quantitative estimate of drug-likeness (QED) is 0.611. The zero-order valence-electron chi connectivity index (χ0n) is 11.9. The Balaban J connectivity index is 1.96. The third-order valence-corrected chi connectivity index (χ3v) is 6.26. The van der Waals surface area contributed by atoms with Gasteiger partial charge in [-0.3, -0.25) is 0 Å². The number of halogens is 2. The maximum absolute atomic E-state index is 13.4. The van der Waals surface area contributed by atoms with Gasteiger partial charge in [-0.05, 0) is 30.3 Å². The van der Waals surface area contributed by atoms with Gasteiger partial charge in [0.15, 0.2) is 0 Å². The molecule has 1 aliphatic rings. The highest BCUT2D eigenvalue weighted by atomic mass is 35.5. The van der Waals surface area contributed by atoms with Crippen LogP contribution in [0.3, 0.4) is 0 Å². The van der Waals surface area contributed by atoms with Crippen LogP contribution in [0.1, 0.15) is 0 Å². The van der Waals surface area contributed by atoms with Crippen molar-refractivity contribution in [3.8, 4) is 11.5 Å². The molecule has 0 aromatic heterocycles. The average Bonchev–Trinajstić information content (AvgIpc) is 2.89. The van der Waals surface area contributed by atoms with E-state index in [-0.39, 0.29) is 5.03 Å². The normalized spacial score (nSPS) is 17.4. The van der Waals surface area contributed by atoms with Gasteiger partial charge in [-0.25, -0.2) is 4.57 Å². The lowest BCUT2D eigenvalue weighted by atomic mass is 10.3. The van der Waals surface area contributed by atoms with E-state index in [0.29, 0.717) is 16.5 Å². The molecule has 0 spiro atoms. The minimum atomic E-state index is -3.67. The van der Waals surface area contributed by atoms with Crippen molar-refractivity contribution in [2.75, 3.05) is 0 Å². The molecule has 0 saturated carbocycles. The summed E-state index contributed by atoms with van der Waals surface area (Å²) < 4.78 is 24.9. The molecule has 0 bridgehead atoms. The number of para-hydroxylation sites is 2. The molecule has 118 valence electrons. The standard InChI is InChI=1S/C17H13Cl2O3P/c18-15-11-12-16(17(15)19)23(20,21-13-7-3-1-4-8-13)22-14-9-5-2-6-10-14/h1-12,16H. The molecule has 0 heterocycles. The smallest absolute Gasteiger partial charge is 0.415 e. The minimum absolute atomic E-state index is 0.252. The summed E-state index contributed by atoms with van der Waals surface area (Å²) in [5.74, 6) is 0.875. The molecule has 1 aliphatic carbocycles. The lowest BCUT2D eigenvalue weighted by Crippen LogP contribution is -2.14. The Morgan fingerprint density at radius 3 is 1.70 bits per heavy atom. The lowest BCUT2D eigenvalue weighted by Gasteiger charge is -2.24. The van der Waals surface area contributed by atoms with Crippen LogP contribution in [-0.4, -0.2) is 5.66 Å². The first kappa shape index (κ1) is 16.2. The van der Waals surface area contributed by atoms with Crippen molar-refractivity contribution in [1.29, 1.82) is 0 Å². The minimum Gasteiger partial charge on any atom is -0.415 e. The maximum atomic E-state index is 13.4. The largest absolute Gasteiger partial charge is 0.442 e. The number of hydrogen-bond donors (Lipinski definition) is 0. The molecule has 23 heavy (non-hydrogen) atoms. The Labute approximate surface area is 144 Å². The third-order valence-electron chi connectivity index (χ3n) is 3.21. The maximum Gasteiger partial charge on any atom is 0.442 e. The molecule has 3 rings (SSSR count). The molecule has 1 atom stereocenters. The topological polar surface area (TPSA) is 35.5 Å². The van der Waals surface area contributed by atoms with Gasteiger partial charge in [0.2, 0.25) is 0 Å². The first-order valence-corrected chi connectivity index (χ1v) is 9.28. The monoisotopic (exact) mass is 366 g/mol. The fourth-order valence-corrected chi connectivity index (χ4v) is 4.68. The second kappa shape index (κ2) is 6.84. The lowest BCUT2D eigenvalue weighted by molar-refractivity contribution is 0.383. The van der Waals surface area contributed by atoms with Crippen molar-refractivity contribution in [3.05, 3.63) is 82.9 Å². The molecule has 0 N–H and O–H groups in total. The predicted molar refractivity (Wildman–Crippen MR) is 93.4 cm³/mol. The van der Waals surface area contributed by atoms with E-state index < -0.39 is 13.3 Å². The summed E-state index contributed by atoms with van der Waals surface area (Å²) in [6, 6.07) is 17.7. The van der Waals surface area contributed by atoms with Gasteiger partial charge >= 0.3 is 7.60 Å². The van der Waals surface area contributed by atoms with Crippen LogP contribution >= 0.6 is 30.8 Å². The molecule has 2 aromatic rings. The van der Waals surface area contributed by atoms with Crippen LogP contribution < -0.4 is 9.05 Å². The third kappa shape index (κ3) is 3.64. The van der Waals surface area contributed by atoms with Crippen molar-refractivity contribution in [1.82, 2.24) is 0 Å². The van der Waals surface area contributed by atoms with Crippen LogP contribution in [-0.2, 0) is 4.57 Å². The fraction of sp³-hybridized carbons (Fsp3) is 0.0588. The highest BCUT2D eigenvalue weighted by Gasteiger charge is 2.42. The van der Waals surface area contributed by atoms with Crippen LogP contribution in [0.5, 0.6) is 11.5 Å². The van der Waals surface area contributed by atoms with Gasteiger partial charge in [-0.2, -0.15) is 0 Å². The Bertz CT molecular complexity index is 743. The van der Waals surface area contributed by atoms with Crippen LogP contribution in [0.4, 0.5) is 0 Å². The predicted octanol–water partition coefficient (Wildman–Crippen LogP) is 5.97. The van der Waals surface area contributed by atoms with Crippen LogP contribution in [0.25, 0.3) is 0 Å². The van der Waals surface area contributed by atoms with Gasteiger partial charge in [0.25, 0.3) is 0 Å². The summed E-state index contributed by atoms with van der Waals surface area (Å²) in [4.78, 5) is 0. The molecular weight excluding hydrogens is 354 g/mol. The van der Waals surface area contributed by atoms with Crippen LogP contribution in [0.2, 0.25) is 0 Å². The second-order valence-corrected chi connectivity index (χ2v) is 7.66. The molecule has 3 nitrogen and oxygen atoms in total. The van der Waals surface area contributed by atoms with Gasteiger partial charge in [-0.1, -0.05) is 65.7 Å². The summed E-state index contributed by atoms with van der Waals surface area (Å²) in [6.45, 7) is 0. The van der Waals surface area contributed by atoms with Gasteiger partial charge in [0.1, 0.15) is 17.2 Å². The molecule has 0 saturated heterocycles. The van der Waals surface area contributed by atoms with E-state index in [1.54, 1.807) is 60.7 Å². The van der Waals surface area contributed by atoms with E-state index >= 15 is 0 Å². The number of hydrogen-bond acceptors (Lipinski definition) is 3. The Kier molecular flexibility index (Phi) is 4.82. The van der Waals surface area contributed by atoms with E-state index in [4.69, 9.17) is 32.2 Å². The zero-order chi connectivity index (χ0) is 16.3. The van der Waals surface area contributed by atoms with Gasteiger partial charge in [-0.15, -0.1) is 0 Å². The first-order valence-electron chi connectivity index (χ1n) is 6.91. The Hall–Kier alpha value is -1.67. The van der Waals surface area contributed by atoms with E-state index in [2.05, 4.69) is 0 Å². The van der Waals surface area contributed by atoms with Crippen LogP contribution in [0.15, 0.2) is 82.9 Å². The number of rotatable bonds is 5. The summed E-state index contributed by atoms with van der Waals surface area (Å²) in [5.41, 5.74) is -0.739. The Morgan fingerprint density at radius 2 is 1.30 bits per heavy atom. The molecule has 0 radical (unpaired) electrons. The molecule has 0 fully saturated rings. The van der Waals surface area contributed by atoms with Gasteiger partial charge < -0.3 is 9.05 Å². The number of allylic oxidation sites excluding steroid dienone is 4. The first-order chi connectivity index (χ1) is 11.1. The zero-order valence-corrected chi connectivity index (χ0v) is 14.3. The van der Waals surface area contributed by atoms with Crippen molar-refractivity contribution in [2.24, 2.45) is 0 Å². The van der Waals surface area contributed by atoms with Crippen molar-refractivity contribution in [3.63, 3.8) is 0 Å². The van der Waals surface area contributed by atoms with Gasteiger partial charge in [0.05, 0.1) is 10.1 Å². The fourth-order valence-electron chi connectivity index (χ4n) is 2.11. The molecule has 2 aromatic carbocycles. The average molecular weight is 367 g/mol. The molecule has 1 unspecified atom stereocenters. The Morgan fingerprint density at radius 1 is 0.826 bits per heavy atom. The molecule has 0 aliphatic heterocycles. The number of benzene rings is 2. The van der Waals surface area contributed by atoms with Crippen molar-refractivity contribution < 1.29 is 13.6 Å². The van der Waals surface area contributed by atoms with E-state index in [0.717, 1.165) is 0 Å². The SMILES string of the molecule is O=P(Oc1ccccc1)(Oc1ccccc1)C1C=CC(Cl)=C1Cl.